The lowest BCUT2D eigenvalue weighted by Crippen LogP contribution is -2.40. The normalized spacial score (nSPS) is 17.1. The van der Waals surface area contributed by atoms with Gasteiger partial charge in [-0.05, 0) is 49.2 Å². The molecule has 1 N–H and O–H groups in total. The first kappa shape index (κ1) is 20.6. The highest BCUT2D eigenvalue weighted by molar-refractivity contribution is 7.07. The summed E-state index contributed by atoms with van der Waals surface area (Å²) in [5.41, 5.74) is 4.71. The van der Waals surface area contributed by atoms with E-state index >= 15 is 0 Å². The molecule has 1 fully saturated rings. The molecule has 1 aliphatic rings. The summed E-state index contributed by atoms with van der Waals surface area (Å²) in [4.78, 5) is 18.9. The molecule has 1 unspecified atom stereocenters. The molecule has 0 saturated carbocycles. The Kier molecular flexibility index (Phi) is 6.15. The van der Waals surface area contributed by atoms with Gasteiger partial charge < -0.3 is 5.32 Å². The van der Waals surface area contributed by atoms with E-state index in [2.05, 4.69) is 10.3 Å². The molecule has 1 saturated heterocycles. The smallest absolute Gasteiger partial charge is 0.228 e. The van der Waals surface area contributed by atoms with Crippen LogP contribution < -0.4 is 5.32 Å². The van der Waals surface area contributed by atoms with E-state index in [-0.39, 0.29) is 18.4 Å². The number of thiazole rings is 1. The van der Waals surface area contributed by atoms with Crippen molar-refractivity contribution in [3.05, 3.63) is 70.3 Å². The molecule has 2 aromatic carbocycles. The van der Waals surface area contributed by atoms with Gasteiger partial charge in [0.15, 0.2) is 17.5 Å². The predicted molar refractivity (Wildman–Crippen MR) is 110 cm³/mol. The number of aromatic nitrogens is 1. The van der Waals surface area contributed by atoms with Crippen LogP contribution >= 0.6 is 11.3 Å². The lowest BCUT2D eigenvalue weighted by molar-refractivity contribution is -0.121. The molecule has 1 amide bonds. The van der Waals surface area contributed by atoms with Crippen molar-refractivity contribution >= 4 is 22.9 Å². The molecule has 1 aromatic heterocycles. The molecule has 4 rings (SSSR count). The van der Waals surface area contributed by atoms with Crippen LogP contribution in [-0.2, 0) is 11.3 Å². The molecular formula is C22H20F3N3OS. The maximum absolute atomic E-state index is 13.5. The number of anilines is 1. The fraction of sp³-hybridized carbons (Fsp3) is 0.273. The van der Waals surface area contributed by atoms with Gasteiger partial charge in [-0.2, -0.15) is 0 Å². The number of hydrogen-bond acceptors (Lipinski definition) is 4. The van der Waals surface area contributed by atoms with E-state index in [1.54, 1.807) is 5.51 Å². The molecule has 3 aromatic rings. The summed E-state index contributed by atoms with van der Waals surface area (Å²) in [6.45, 7) is 1.45. The SMILES string of the molecule is O=C(Nc1ccc(-c2cscn2)cc1)C1CCCN(Cc2cc(F)c(F)c(F)c2)C1. The summed E-state index contributed by atoms with van der Waals surface area (Å²) >= 11 is 1.53. The topological polar surface area (TPSA) is 45.2 Å². The number of carbonyl (C=O) groups excluding carboxylic acids is 1. The van der Waals surface area contributed by atoms with Crippen molar-refractivity contribution in [3.8, 4) is 11.3 Å². The van der Waals surface area contributed by atoms with E-state index < -0.39 is 17.5 Å². The average molecular weight is 431 g/mol. The first-order valence-electron chi connectivity index (χ1n) is 9.65. The molecule has 156 valence electrons. The van der Waals surface area contributed by atoms with Crippen molar-refractivity contribution in [2.45, 2.75) is 19.4 Å². The maximum Gasteiger partial charge on any atom is 0.228 e. The third kappa shape index (κ3) is 4.71. The first-order valence-corrected chi connectivity index (χ1v) is 10.6. The van der Waals surface area contributed by atoms with Crippen LogP contribution in [0.5, 0.6) is 0 Å². The Bertz CT molecular complexity index is 1000. The van der Waals surface area contributed by atoms with Crippen LogP contribution in [0.1, 0.15) is 18.4 Å². The van der Waals surface area contributed by atoms with Crippen LogP contribution in [-0.4, -0.2) is 28.9 Å². The van der Waals surface area contributed by atoms with Crippen molar-refractivity contribution < 1.29 is 18.0 Å². The number of amides is 1. The van der Waals surface area contributed by atoms with Gasteiger partial charge in [0, 0.05) is 29.7 Å². The van der Waals surface area contributed by atoms with E-state index in [1.807, 2.05) is 34.5 Å². The zero-order chi connectivity index (χ0) is 21.1. The second-order valence-corrected chi connectivity index (χ2v) is 8.11. The Balaban J connectivity index is 1.36. The minimum atomic E-state index is -1.46. The summed E-state index contributed by atoms with van der Waals surface area (Å²) in [7, 11) is 0. The number of piperidine rings is 1. The minimum Gasteiger partial charge on any atom is -0.326 e. The second-order valence-electron chi connectivity index (χ2n) is 7.39. The van der Waals surface area contributed by atoms with Gasteiger partial charge >= 0.3 is 0 Å². The zero-order valence-electron chi connectivity index (χ0n) is 16.1. The largest absolute Gasteiger partial charge is 0.326 e. The number of carbonyl (C=O) groups is 1. The Hall–Kier alpha value is -2.71. The number of nitrogens with zero attached hydrogens (tertiary/aromatic N) is 2. The quantitative estimate of drug-likeness (QED) is 0.573. The summed E-state index contributed by atoms with van der Waals surface area (Å²) < 4.78 is 40.1. The first-order chi connectivity index (χ1) is 14.5. The second kappa shape index (κ2) is 8.97. The van der Waals surface area contributed by atoms with Crippen LogP contribution in [0.3, 0.4) is 0 Å². The lowest BCUT2D eigenvalue weighted by atomic mass is 9.96. The number of likely N-dealkylation sites (tertiary alicyclic amines) is 1. The third-order valence-corrected chi connectivity index (χ3v) is 5.79. The molecule has 0 bridgehead atoms. The van der Waals surface area contributed by atoms with Gasteiger partial charge in [0.2, 0.25) is 5.91 Å². The van der Waals surface area contributed by atoms with Gasteiger partial charge in [-0.25, -0.2) is 18.2 Å². The maximum atomic E-state index is 13.5. The summed E-state index contributed by atoms with van der Waals surface area (Å²) in [6.07, 6.45) is 1.54. The molecule has 30 heavy (non-hydrogen) atoms. The summed E-state index contributed by atoms with van der Waals surface area (Å²) in [6, 6.07) is 9.53. The van der Waals surface area contributed by atoms with Crippen LogP contribution in [0.4, 0.5) is 18.9 Å². The van der Waals surface area contributed by atoms with E-state index in [0.29, 0.717) is 24.3 Å². The Morgan fingerprint density at radius 3 is 2.57 bits per heavy atom. The van der Waals surface area contributed by atoms with Crippen molar-refractivity contribution in [2.75, 3.05) is 18.4 Å². The summed E-state index contributed by atoms with van der Waals surface area (Å²) in [5.74, 6) is -4.17. The average Bonchev–Trinajstić information content (AvgIpc) is 3.27. The van der Waals surface area contributed by atoms with Gasteiger partial charge in [-0.1, -0.05) is 12.1 Å². The Morgan fingerprint density at radius 2 is 1.90 bits per heavy atom. The van der Waals surface area contributed by atoms with Gasteiger partial charge in [0.05, 0.1) is 17.1 Å². The highest BCUT2D eigenvalue weighted by atomic mass is 32.1. The monoisotopic (exact) mass is 431 g/mol. The van der Waals surface area contributed by atoms with Crippen molar-refractivity contribution in [2.24, 2.45) is 5.92 Å². The van der Waals surface area contributed by atoms with Crippen LogP contribution in [0, 0.1) is 23.4 Å². The van der Waals surface area contributed by atoms with E-state index in [4.69, 9.17) is 0 Å². The fourth-order valence-corrected chi connectivity index (χ4v) is 4.26. The van der Waals surface area contributed by atoms with E-state index in [1.165, 1.54) is 11.3 Å². The highest BCUT2D eigenvalue weighted by Crippen LogP contribution is 2.24. The van der Waals surface area contributed by atoms with E-state index in [0.717, 1.165) is 36.2 Å². The van der Waals surface area contributed by atoms with Gasteiger partial charge in [-0.3, -0.25) is 9.69 Å². The van der Waals surface area contributed by atoms with Crippen LogP contribution in [0.15, 0.2) is 47.3 Å². The predicted octanol–water partition coefficient (Wildman–Crippen LogP) is 5.08. The molecule has 1 aliphatic heterocycles. The van der Waals surface area contributed by atoms with Crippen LogP contribution in [0.25, 0.3) is 11.3 Å². The highest BCUT2D eigenvalue weighted by Gasteiger charge is 2.26. The molecular weight excluding hydrogens is 411 g/mol. The molecule has 4 nitrogen and oxygen atoms in total. The molecule has 0 spiro atoms. The van der Waals surface area contributed by atoms with Gasteiger partial charge in [0.1, 0.15) is 0 Å². The van der Waals surface area contributed by atoms with E-state index in [9.17, 15) is 18.0 Å². The zero-order valence-corrected chi connectivity index (χ0v) is 16.9. The molecule has 0 radical (unpaired) electrons. The Morgan fingerprint density at radius 1 is 1.17 bits per heavy atom. The lowest BCUT2D eigenvalue weighted by Gasteiger charge is -2.32. The molecule has 1 atom stereocenters. The number of hydrogen-bond donors (Lipinski definition) is 1. The number of benzene rings is 2. The van der Waals surface area contributed by atoms with Crippen molar-refractivity contribution in [1.29, 1.82) is 0 Å². The van der Waals surface area contributed by atoms with Crippen molar-refractivity contribution in [3.63, 3.8) is 0 Å². The third-order valence-electron chi connectivity index (χ3n) is 5.21. The number of nitrogens with one attached hydrogen (secondary N) is 1. The van der Waals surface area contributed by atoms with Gasteiger partial charge in [-0.15, -0.1) is 11.3 Å². The summed E-state index contributed by atoms with van der Waals surface area (Å²) in [5, 5.41) is 4.90. The van der Waals surface area contributed by atoms with Crippen LogP contribution in [0.2, 0.25) is 0 Å². The standard InChI is InChI=1S/C22H20F3N3OS/c23-18-8-14(9-19(24)21(18)25)10-28-7-1-2-16(11-28)22(29)27-17-5-3-15(4-6-17)20-12-30-13-26-20/h3-6,8-9,12-13,16H,1-2,7,10-11H2,(H,27,29). The Labute approximate surface area is 176 Å². The number of halogens is 3. The molecule has 2 heterocycles. The molecule has 0 aliphatic carbocycles. The van der Waals surface area contributed by atoms with Gasteiger partial charge in [0.25, 0.3) is 0 Å². The molecule has 8 heteroatoms. The fourth-order valence-electron chi connectivity index (χ4n) is 3.69. The minimum absolute atomic E-state index is 0.0856. The number of rotatable bonds is 5. The van der Waals surface area contributed by atoms with Crippen molar-refractivity contribution in [1.82, 2.24) is 9.88 Å².